The summed E-state index contributed by atoms with van der Waals surface area (Å²) >= 11 is 15.5. The molecule has 2 aromatic rings. The first-order valence-electron chi connectivity index (χ1n) is 6.09. The fraction of sp³-hybridized carbons (Fsp3) is 0.200. The van der Waals surface area contributed by atoms with Crippen molar-refractivity contribution >= 4 is 39.1 Å². The third-order valence-corrected chi connectivity index (χ3v) is 3.94. The number of rotatable bonds is 4. The van der Waals surface area contributed by atoms with Gasteiger partial charge in [0.1, 0.15) is 12.4 Å². The summed E-state index contributed by atoms with van der Waals surface area (Å²) in [5, 5.41) is 1.31. The largest absolute Gasteiger partial charge is 0.489 e. The van der Waals surface area contributed by atoms with Gasteiger partial charge in [-0.15, -0.1) is 0 Å². The second kappa shape index (κ2) is 6.81. The summed E-state index contributed by atoms with van der Waals surface area (Å²) < 4.78 is 6.76. The van der Waals surface area contributed by atoms with Crippen LogP contribution in [-0.4, -0.2) is 0 Å². The predicted molar refractivity (Wildman–Crippen MR) is 87.5 cm³/mol. The molecule has 0 spiro atoms. The highest BCUT2D eigenvalue weighted by atomic mass is 79.9. The van der Waals surface area contributed by atoms with Crippen molar-refractivity contribution in [3.8, 4) is 5.75 Å². The Morgan fingerprint density at radius 2 is 1.95 bits per heavy atom. The monoisotopic (exact) mass is 373 g/mol. The number of hydrogen-bond acceptors (Lipinski definition) is 2. The molecule has 0 aromatic heterocycles. The lowest BCUT2D eigenvalue weighted by Gasteiger charge is -2.15. The zero-order valence-electron chi connectivity index (χ0n) is 10.9. The molecule has 0 amide bonds. The minimum absolute atomic E-state index is 0.149. The van der Waals surface area contributed by atoms with E-state index in [-0.39, 0.29) is 6.04 Å². The van der Waals surface area contributed by atoms with Gasteiger partial charge in [0.25, 0.3) is 0 Å². The van der Waals surface area contributed by atoms with E-state index in [9.17, 15) is 0 Å². The van der Waals surface area contributed by atoms with Crippen molar-refractivity contribution in [2.45, 2.75) is 19.6 Å². The Labute approximate surface area is 137 Å². The predicted octanol–water partition coefficient (Wildman–Crippen LogP) is 5.35. The van der Waals surface area contributed by atoms with Crippen LogP contribution >= 0.6 is 39.1 Å². The van der Waals surface area contributed by atoms with E-state index >= 15 is 0 Å². The molecule has 0 heterocycles. The first-order chi connectivity index (χ1) is 9.47. The molecular weight excluding hydrogens is 361 g/mol. The van der Waals surface area contributed by atoms with Crippen LogP contribution in [-0.2, 0) is 6.61 Å². The van der Waals surface area contributed by atoms with Crippen molar-refractivity contribution in [1.82, 2.24) is 0 Å². The van der Waals surface area contributed by atoms with Gasteiger partial charge in [0.05, 0.1) is 0 Å². The highest BCUT2D eigenvalue weighted by Crippen LogP contribution is 2.29. The zero-order valence-corrected chi connectivity index (χ0v) is 14.0. The standard InChI is InChI=1S/C15H14BrCl2NO/c1-9(19)13-7-12(17)4-5-15(13)20-8-10-2-3-11(16)6-14(10)18/h2-7,9H,8,19H2,1H3. The quantitative estimate of drug-likeness (QED) is 0.782. The number of benzene rings is 2. The molecule has 2 N–H and O–H groups in total. The van der Waals surface area contributed by atoms with Crippen molar-refractivity contribution in [3.05, 3.63) is 62.0 Å². The lowest BCUT2D eigenvalue weighted by molar-refractivity contribution is 0.301. The SMILES string of the molecule is CC(N)c1cc(Cl)ccc1OCc1ccc(Br)cc1Cl. The second-order valence-corrected chi connectivity index (χ2v) is 6.25. The van der Waals surface area contributed by atoms with Gasteiger partial charge >= 0.3 is 0 Å². The minimum Gasteiger partial charge on any atom is -0.489 e. The highest BCUT2D eigenvalue weighted by molar-refractivity contribution is 9.10. The Bertz CT molecular complexity index is 617. The molecule has 1 unspecified atom stereocenters. The Morgan fingerprint density at radius 1 is 1.20 bits per heavy atom. The van der Waals surface area contributed by atoms with E-state index in [1.165, 1.54) is 0 Å². The smallest absolute Gasteiger partial charge is 0.124 e. The molecule has 0 bridgehead atoms. The van der Waals surface area contributed by atoms with Crippen LogP contribution in [0.1, 0.15) is 24.1 Å². The van der Waals surface area contributed by atoms with Crippen molar-refractivity contribution in [1.29, 1.82) is 0 Å². The van der Waals surface area contributed by atoms with E-state index in [0.29, 0.717) is 16.7 Å². The summed E-state index contributed by atoms with van der Waals surface area (Å²) in [6.07, 6.45) is 0. The van der Waals surface area contributed by atoms with Crippen LogP contribution in [0.5, 0.6) is 5.75 Å². The summed E-state index contributed by atoms with van der Waals surface area (Å²) in [6.45, 7) is 2.28. The maximum atomic E-state index is 6.17. The third kappa shape index (κ3) is 3.89. The molecule has 2 aromatic carbocycles. The lowest BCUT2D eigenvalue weighted by atomic mass is 10.1. The first-order valence-corrected chi connectivity index (χ1v) is 7.64. The van der Waals surface area contributed by atoms with Crippen LogP contribution in [0.3, 0.4) is 0 Å². The van der Waals surface area contributed by atoms with Crippen molar-refractivity contribution < 1.29 is 4.74 Å². The summed E-state index contributed by atoms with van der Waals surface area (Å²) in [4.78, 5) is 0. The molecule has 0 fully saturated rings. The molecule has 20 heavy (non-hydrogen) atoms. The summed E-state index contributed by atoms with van der Waals surface area (Å²) in [5.74, 6) is 0.725. The van der Waals surface area contributed by atoms with Gasteiger partial charge in [-0.1, -0.05) is 45.2 Å². The fourth-order valence-corrected chi connectivity index (χ4v) is 2.71. The van der Waals surface area contributed by atoms with E-state index < -0.39 is 0 Å². The molecule has 106 valence electrons. The fourth-order valence-electron chi connectivity index (χ4n) is 1.80. The second-order valence-electron chi connectivity index (χ2n) is 4.50. The molecule has 0 saturated heterocycles. The van der Waals surface area contributed by atoms with Crippen LogP contribution in [0.25, 0.3) is 0 Å². The molecule has 2 rings (SSSR count). The number of hydrogen-bond donors (Lipinski definition) is 1. The topological polar surface area (TPSA) is 35.2 Å². The van der Waals surface area contributed by atoms with Crippen LogP contribution in [0.2, 0.25) is 10.0 Å². The van der Waals surface area contributed by atoms with Gasteiger partial charge in [-0.3, -0.25) is 0 Å². The molecule has 0 aliphatic carbocycles. The van der Waals surface area contributed by atoms with Gasteiger partial charge in [0.2, 0.25) is 0 Å². The Balaban J connectivity index is 2.18. The Morgan fingerprint density at radius 3 is 2.60 bits per heavy atom. The molecule has 0 aliphatic heterocycles. The average molecular weight is 375 g/mol. The van der Waals surface area contributed by atoms with Crippen molar-refractivity contribution in [2.75, 3.05) is 0 Å². The highest BCUT2D eigenvalue weighted by Gasteiger charge is 2.10. The number of ether oxygens (including phenoxy) is 1. The van der Waals surface area contributed by atoms with Gasteiger partial charge in [0, 0.05) is 31.7 Å². The molecule has 5 heteroatoms. The number of nitrogens with two attached hydrogens (primary N) is 1. The van der Waals surface area contributed by atoms with Crippen LogP contribution in [0.15, 0.2) is 40.9 Å². The minimum atomic E-state index is -0.149. The molecule has 0 aliphatic rings. The van der Waals surface area contributed by atoms with Gasteiger partial charge in [0.15, 0.2) is 0 Å². The van der Waals surface area contributed by atoms with Gasteiger partial charge in [-0.05, 0) is 37.3 Å². The van der Waals surface area contributed by atoms with E-state index in [1.54, 1.807) is 6.07 Å². The van der Waals surface area contributed by atoms with E-state index in [4.69, 9.17) is 33.7 Å². The maximum Gasteiger partial charge on any atom is 0.124 e. The van der Waals surface area contributed by atoms with Crippen LogP contribution < -0.4 is 10.5 Å². The number of halogens is 3. The van der Waals surface area contributed by atoms with E-state index in [2.05, 4.69) is 15.9 Å². The molecule has 2 nitrogen and oxygen atoms in total. The third-order valence-electron chi connectivity index (χ3n) is 2.86. The first kappa shape index (κ1) is 15.6. The molecule has 0 saturated carbocycles. The zero-order chi connectivity index (χ0) is 14.7. The van der Waals surface area contributed by atoms with Gasteiger partial charge < -0.3 is 10.5 Å². The summed E-state index contributed by atoms with van der Waals surface area (Å²) in [5.41, 5.74) is 7.73. The van der Waals surface area contributed by atoms with Crippen LogP contribution in [0, 0.1) is 0 Å². The molecule has 1 atom stereocenters. The normalized spacial score (nSPS) is 12.2. The Hall–Kier alpha value is -0.740. The Kier molecular flexibility index (Phi) is 5.33. The molecular formula is C15H14BrCl2NO. The van der Waals surface area contributed by atoms with Crippen molar-refractivity contribution in [2.24, 2.45) is 5.73 Å². The molecule has 0 radical (unpaired) electrons. The summed E-state index contributed by atoms with van der Waals surface area (Å²) in [7, 11) is 0. The van der Waals surface area contributed by atoms with Crippen LogP contribution in [0.4, 0.5) is 0 Å². The van der Waals surface area contributed by atoms with E-state index in [0.717, 1.165) is 21.3 Å². The average Bonchev–Trinajstić information content (AvgIpc) is 2.38. The summed E-state index contributed by atoms with van der Waals surface area (Å²) in [6, 6.07) is 11.0. The van der Waals surface area contributed by atoms with Gasteiger partial charge in [-0.25, -0.2) is 0 Å². The van der Waals surface area contributed by atoms with E-state index in [1.807, 2.05) is 37.3 Å². The maximum absolute atomic E-state index is 6.17. The van der Waals surface area contributed by atoms with Gasteiger partial charge in [-0.2, -0.15) is 0 Å². The van der Waals surface area contributed by atoms with Crippen molar-refractivity contribution in [3.63, 3.8) is 0 Å². The lowest BCUT2D eigenvalue weighted by Crippen LogP contribution is -2.08.